The maximum absolute atomic E-state index is 11.6. The molecule has 0 saturated heterocycles. The second kappa shape index (κ2) is 9.20. The van der Waals surface area contributed by atoms with Crippen molar-refractivity contribution in [1.29, 1.82) is 0 Å². The van der Waals surface area contributed by atoms with Crippen LogP contribution in [-0.4, -0.2) is 31.6 Å². The van der Waals surface area contributed by atoms with E-state index < -0.39 is 5.97 Å². The average Bonchev–Trinajstić information content (AvgIpc) is 3.08. The Balaban J connectivity index is 1.61. The smallest absolute Gasteiger partial charge is 0.307 e. The first-order valence-corrected chi connectivity index (χ1v) is 7.87. The molecule has 0 radical (unpaired) electrons. The van der Waals surface area contributed by atoms with Crippen molar-refractivity contribution in [3.8, 4) is 5.75 Å². The lowest BCUT2D eigenvalue weighted by Crippen LogP contribution is -2.26. The average molecular weight is 372 g/mol. The minimum atomic E-state index is -0.455. The third-order valence-corrected chi connectivity index (χ3v) is 3.47. The van der Waals surface area contributed by atoms with Gasteiger partial charge in [-0.3, -0.25) is 9.59 Å². The van der Waals surface area contributed by atoms with Crippen molar-refractivity contribution in [3.63, 3.8) is 0 Å². The van der Waals surface area contributed by atoms with E-state index in [0.717, 1.165) is 0 Å². The molecule has 0 aliphatic rings. The SMILES string of the molecule is O=C(CCNC(=O)c1ccco1)OCCOc1c(Cl)cccc1Cl. The first kappa shape index (κ1) is 18.2. The molecule has 128 valence electrons. The van der Waals surface area contributed by atoms with Gasteiger partial charge in [0.25, 0.3) is 5.91 Å². The number of nitrogens with one attached hydrogen (secondary N) is 1. The van der Waals surface area contributed by atoms with E-state index in [9.17, 15) is 9.59 Å². The number of amides is 1. The number of ether oxygens (including phenoxy) is 2. The molecule has 1 N–H and O–H groups in total. The van der Waals surface area contributed by atoms with Crippen LogP contribution in [-0.2, 0) is 9.53 Å². The number of rotatable bonds is 8. The molecule has 2 rings (SSSR count). The van der Waals surface area contributed by atoms with Crippen LogP contribution in [0.2, 0.25) is 10.0 Å². The molecular weight excluding hydrogens is 357 g/mol. The summed E-state index contributed by atoms with van der Waals surface area (Å²) in [5, 5.41) is 3.32. The maximum atomic E-state index is 11.6. The van der Waals surface area contributed by atoms with E-state index in [1.165, 1.54) is 12.3 Å². The molecule has 0 fully saturated rings. The number of para-hydroxylation sites is 1. The third-order valence-electron chi connectivity index (χ3n) is 2.87. The van der Waals surface area contributed by atoms with Crippen LogP contribution >= 0.6 is 23.2 Å². The lowest BCUT2D eigenvalue weighted by molar-refractivity contribution is -0.144. The van der Waals surface area contributed by atoms with E-state index in [1.807, 2.05) is 0 Å². The van der Waals surface area contributed by atoms with Gasteiger partial charge in [0.05, 0.1) is 22.7 Å². The molecular formula is C16H15Cl2NO5. The Morgan fingerprint density at radius 1 is 1.08 bits per heavy atom. The molecule has 0 aliphatic heterocycles. The first-order chi connectivity index (χ1) is 11.6. The summed E-state index contributed by atoms with van der Waals surface area (Å²) in [5.41, 5.74) is 0. The maximum Gasteiger partial charge on any atom is 0.307 e. The molecule has 0 spiro atoms. The van der Waals surface area contributed by atoms with Crippen LogP contribution in [0.1, 0.15) is 17.0 Å². The van der Waals surface area contributed by atoms with Crippen LogP contribution in [0.5, 0.6) is 5.75 Å². The van der Waals surface area contributed by atoms with Crippen molar-refractivity contribution in [2.24, 2.45) is 0 Å². The number of carbonyl (C=O) groups excluding carboxylic acids is 2. The zero-order chi connectivity index (χ0) is 17.4. The predicted molar refractivity (Wildman–Crippen MR) is 88.6 cm³/mol. The van der Waals surface area contributed by atoms with Gasteiger partial charge in [0.2, 0.25) is 0 Å². The number of esters is 1. The summed E-state index contributed by atoms with van der Waals surface area (Å²) < 4.78 is 15.3. The second-order valence-electron chi connectivity index (χ2n) is 4.60. The van der Waals surface area contributed by atoms with Crippen LogP contribution in [0.4, 0.5) is 0 Å². The molecule has 1 heterocycles. The number of hydrogen-bond acceptors (Lipinski definition) is 5. The summed E-state index contributed by atoms with van der Waals surface area (Å²) in [4.78, 5) is 23.1. The molecule has 24 heavy (non-hydrogen) atoms. The molecule has 0 bridgehead atoms. The zero-order valence-electron chi connectivity index (χ0n) is 12.6. The van der Waals surface area contributed by atoms with Gasteiger partial charge in [-0.15, -0.1) is 0 Å². The number of carbonyl (C=O) groups is 2. The van der Waals surface area contributed by atoms with Crippen LogP contribution in [0.15, 0.2) is 41.0 Å². The van der Waals surface area contributed by atoms with Gasteiger partial charge >= 0.3 is 5.97 Å². The monoisotopic (exact) mass is 371 g/mol. The van der Waals surface area contributed by atoms with Gasteiger partial charge in [0.15, 0.2) is 11.5 Å². The van der Waals surface area contributed by atoms with E-state index in [4.69, 9.17) is 37.1 Å². The summed E-state index contributed by atoms with van der Waals surface area (Å²) in [6.07, 6.45) is 1.44. The predicted octanol–water partition coefficient (Wildman–Crippen LogP) is 3.33. The molecule has 0 saturated carbocycles. The summed E-state index contributed by atoms with van der Waals surface area (Å²) in [6.45, 7) is 0.316. The lowest BCUT2D eigenvalue weighted by atomic mass is 10.3. The largest absolute Gasteiger partial charge is 0.487 e. The van der Waals surface area contributed by atoms with Crippen LogP contribution in [0.3, 0.4) is 0 Å². The summed E-state index contributed by atoms with van der Waals surface area (Å²) in [6, 6.07) is 8.14. The summed E-state index contributed by atoms with van der Waals surface area (Å²) in [7, 11) is 0. The quantitative estimate of drug-likeness (QED) is 0.568. The molecule has 0 unspecified atom stereocenters. The Kier molecular flexibility index (Phi) is 6.96. The van der Waals surface area contributed by atoms with Crippen LogP contribution < -0.4 is 10.1 Å². The number of furan rings is 1. The number of hydrogen-bond donors (Lipinski definition) is 1. The molecule has 1 aromatic carbocycles. The minimum absolute atomic E-state index is 0.0410. The van der Waals surface area contributed by atoms with Gasteiger partial charge in [-0.1, -0.05) is 29.3 Å². The Morgan fingerprint density at radius 3 is 2.50 bits per heavy atom. The van der Waals surface area contributed by atoms with Gasteiger partial charge in [-0.25, -0.2) is 0 Å². The Morgan fingerprint density at radius 2 is 1.83 bits per heavy atom. The number of halogens is 2. The van der Waals surface area contributed by atoms with E-state index in [0.29, 0.717) is 15.8 Å². The van der Waals surface area contributed by atoms with Crippen molar-refractivity contribution < 1.29 is 23.5 Å². The highest BCUT2D eigenvalue weighted by Gasteiger charge is 2.10. The first-order valence-electron chi connectivity index (χ1n) is 7.12. The van der Waals surface area contributed by atoms with Crippen molar-refractivity contribution in [2.45, 2.75) is 6.42 Å². The fourth-order valence-electron chi connectivity index (χ4n) is 1.76. The van der Waals surface area contributed by atoms with E-state index in [-0.39, 0.29) is 37.8 Å². The summed E-state index contributed by atoms with van der Waals surface area (Å²) >= 11 is 11.9. The molecule has 0 atom stereocenters. The van der Waals surface area contributed by atoms with Crippen molar-refractivity contribution in [1.82, 2.24) is 5.32 Å². The molecule has 0 aliphatic carbocycles. The van der Waals surface area contributed by atoms with Gasteiger partial charge < -0.3 is 19.2 Å². The summed E-state index contributed by atoms with van der Waals surface area (Å²) in [5.74, 6) is -0.302. The van der Waals surface area contributed by atoms with Crippen molar-refractivity contribution in [3.05, 3.63) is 52.4 Å². The topological polar surface area (TPSA) is 77.8 Å². The standard InChI is InChI=1S/C16H15Cl2NO5/c17-11-3-1-4-12(18)15(11)24-10-9-23-14(20)6-7-19-16(21)13-5-2-8-22-13/h1-5,8H,6-7,9-10H2,(H,19,21). The third kappa shape index (κ3) is 5.47. The molecule has 1 amide bonds. The molecule has 1 aromatic heterocycles. The molecule has 2 aromatic rings. The lowest BCUT2D eigenvalue weighted by Gasteiger charge is -2.10. The highest BCUT2D eigenvalue weighted by Crippen LogP contribution is 2.32. The highest BCUT2D eigenvalue weighted by atomic mass is 35.5. The Labute approximate surface area is 148 Å². The normalized spacial score (nSPS) is 10.2. The van der Waals surface area contributed by atoms with Crippen LogP contribution in [0.25, 0.3) is 0 Å². The van der Waals surface area contributed by atoms with Crippen LogP contribution in [0, 0.1) is 0 Å². The zero-order valence-corrected chi connectivity index (χ0v) is 14.1. The Hall–Kier alpha value is -2.18. The fraction of sp³-hybridized carbons (Fsp3) is 0.250. The second-order valence-corrected chi connectivity index (χ2v) is 5.42. The number of benzene rings is 1. The highest BCUT2D eigenvalue weighted by molar-refractivity contribution is 6.37. The van der Waals surface area contributed by atoms with Gasteiger partial charge in [0, 0.05) is 6.54 Å². The van der Waals surface area contributed by atoms with E-state index in [2.05, 4.69) is 5.32 Å². The van der Waals surface area contributed by atoms with Gasteiger partial charge in [-0.05, 0) is 24.3 Å². The van der Waals surface area contributed by atoms with E-state index in [1.54, 1.807) is 24.3 Å². The van der Waals surface area contributed by atoms with Crippen molar-refractivity contribution >= 4 is 35.1 Å². The van der Waals surface area contributed by atoms with E-state index >= 15 is 0 Å². The van der Waals surface area contributed by atoms with Gasteiger partial charge in [0.1, 0.15) is 13.2 Å². The molecule has 6 nitrogen and oxygen atoms in total. The molecule has 8 heteroatoms. The van der Waals surface area contributed by atoms with Crippen molar-refractivity contribution in [2.75, 3.05) is 19.8 Å². The fourth-order valence-corrected chi connectivity index (χ4v) is 2.27. The van der Waals surface area contributed by atoms with Gasteiger partial charge in [-0.2, -0.15) is 0 Å². The minimum Gasteiger partial charge on any atom is -0.487 e. The Bertz CT molecular complexity index is 668.